The van der Waals surface area contributed by atoms with Gasteiger partial charge in [0.2, 0.25) is 0 Å². The van der Waals surface area contributed by atoms with Gasteiger partial charge in [0, 0.05) is 23.7 Å². The molecule has 5 nitrogen and oxygen atoms in total. The molecule has 0 aliphatic carbocycles. The number of hydrogen-bond acceptors (Lipinski definition) is 4. The summed E-state index contributed by atoms with van der Waals surface area (Å²) in [5.74, 6) is -0.0267. The molecule has 1 heterocycles. The lowest BCUT2D eigenvalue weighted by Crippen LogP contribution is -2.16. The lowest BCUT2D eigenvalue weighted by molar-refractivity contribution is 0.0996. The van der Waals surface area contributed by atoms with Crippen LogP contribution in [-0.4, -0.2) is 21.0 Å². The number of rotatable bonds is 3. The molecule has 2 aromatic rings. The fourth-order valence-electron chi connectivity index (χ4n) is 1.68. The lowest BCUT2D eigenvalue weighted by atomic mass is 10.0. The molecular formula is C13H13N3O2. The Balaban J connectivity index is 2.64. The topological polar surface area (TPSA) is 89.1 Å². The Hall–Kier alpha value is -2.43. The Bertz CT molecular complexity index is 597. The third kappa shape index (κ3) is 2.15. The number of aryl methyl sites for hydroxylation is 1. The third-order valence-electron chi connectivity index (χ3n) is 2.58. The number of amides is 1. The van der Waals surface area contributed by atoms with Gasteiger partial charge in [-0.15, -0.1) is 0 Å². The van der Waals surface area contributed by atoms with E-state index in [1.807, 2.05) is 6.92 Å². The van der Waals surface area contributed by atoms with Crippen molar-refractivity contribution in [2.45, 2.75) is 13.3 Å². The van der Waals surface area contributed by atoms with Gasteiger partial charge >= 0.3 is 0 Å². The van der Waals surface area contributed by atoms with Crippen LogP contribution in [0, 0.1) is 0 Å². The van der Waals surface area contributed by atoms with E-state index in [0.717, 1.165) is 0 Å². The van der Waals surface area contributed by atoms with Crippen molar-refractivity contribution in [1.29, 1.82) is 0 Å². The van der Waals surface area contributed by atoms with Crippen molar-refractivity contribution in [2.75, 3.05) is 0 Å². The number of carbonyl (C=O) groups is 1. The van der Waals surface area contributed by atoms with E-state index >= 15 is 0 Å². The van der Waals surface area contributed by atoms with Crippen LogP contribution in [-0.2, 0) is 6.42 Å². The van der Waals surface area contributed by atoms with Crippen LogP contribution in [0.1, 0.15) is 23.2 Å². The Morgan fingerprint density at radius 3 is 2.67 bits per heavy atom. The molecule has 0 saturated carbocycles. The molecule has 18 heavy (non-hydrogen) atoms. The molecule has 0 saturated heterocycles. The first kappa shape index (κ1) is 12.0. The van der Waals surface area contributed by atoms with E-state index in [0.29, 0.717) is 23.4 Å². The quantitative estimate of drug-likeness (QED) is 0.855. The number of para-hydroxylation sites is 1. The fraction of sp³-hybridized carbons (Fsp3) is 0.154. The molecule has 2 rings (SSSR count). The number of aromatic hydroxyl groups is 1. The van der Waals surface area contributed by atoms with Crippen LogP contribution in [0.2, 0.25) is 0 Å². The minimum absolute atomic E-state index is 0.0628. The van der Waals surface area contributed by atoms with Crippen molar-refractivity contribution < 1.29 is 9.90 Å². The van der Waals surface area contributed by atoms with Crippen LogP contribution >= 0.6 is 0 Å². The zero-order valence-electron chi connectivity index (χ0n) is 9.92. The second-order valence-electron chi connectivity index (χ2n) is 3.78. The predicted octanol–water partition coefficient (Wildman–Crippen LogP) is 1.51. The molecule has 3 N–H and O–H groups in total. The molecule has 0 fully saturated rings. The van der Waals surface area contributed by atoms with Crippen molar-refractivity contribution in [3.05, 3.63) is 42.0 Å². The molecule has 1 aromatic heterocycles. The molecule has 1 amide bonds. The summed E-state index contributed by atoms with van der Waals surface area (Å²) in [6.45, 7) is 1.89. The van der Waals surface area contributed by atoms with Gasteiger partial charge in [-0.1, -0.05) is 25.1 Å². The SMILES string of the molecule is CCc1ncc(-c2ccccc2O)c(C(N)=O)n1. The van der Waals surface area contributed by atoms with Crippen molar-refractivity contribution >= 4 is 5.91 Å². The molecule has 0 aliphatic heterocycles. The summed E-state index contributed by atoms with van der Waals surface area (Å²) in [4.78, 5) is 19.7. The first-order valence-electron chi connectivity index (χ1n) is 5.57. The normalized spacial score (nSPS) is 10.3. The zero-order chi connectivity index (χ0) is 13.1. The number of phenols is 1. The van der Waals surface area contributed by atoms with Crippen LogP contribution in [0.3, 0.4) is 0 Å². The van der Waals surface area contributed by atoms with Gasteiger partial charge in [-0.05, 0) is 6.07 Å². The molecule has 0 bridgehead atoms. The molecule has 0 radical (unpaired) electrons. The Morgan fingerprint density at radius 1 is 1.33 bits per heavy atom. The second-order valence-corrected chi connectivity index (χ2v) is 3.78. The first-order chi connectivity index (χ1) is 8.63. The van der Waals surface area contributed by atoms with Gasteiger partial charge in [0.1, 0.15) is 17.3 Å². The largest absolute Gasteiger partial charge is 0.507 e. The number of hydrogen-bond donors (Lipinski definition) is 2. The molecular weight excluding hydrogens is 230 g/mol. The highest BCUT2D eigenvalue weighted by Gasteiger charge is 2.15. The standard InChI is InChI=1S/C13H13N3O2/c1-2-11-15-7-9(12(16-11)13(14)18)8-5-3-4-6-10(8)17/h3-7,17H,2H2,1H3,(H2,14,18). The number of benzene rings is 1. The number of nitrogens with zero attached hydrogens (tertiary/aromatic N) is 2. The summed E-state index contributed by atoms with van der Waals surface area (Å²) in [5, 5.41) is 9.79. The van der Waals surface area contributed by atoms with Gasteiger partial charge in [-0.25, -0.2) is 9.97 Å². The smallest absolute Gasteiger partial charge is 0.268 e. The summed E-state index contributed by atoms with van der Waals surface area (Å²) < 4.78 is 0. The summed E-state index contributed by atoms with van der Waals surface area (Å²) >= 11 is 0. The van der Waals surface area contributed by atoms with E-state index in [2.05, 4.69) is 9.97 Å². The Labute approximate surface area is 104 Å². The molecule has 5 heteroatoms. The maximum Gasteiger partial charge on any atom is 0.268 e. The minimum atomic E-state index is -0.634. The van der Waals surface area contributed by atoms with Crippen molar-refractivity contribution in [3.63, 3.8) is 0 Å². The maximum absolute atomic E-state index is 11.4. The average molecular weight is 243 g/mol. The van der Waals surface area contributed by atoms with Crippen molar-refractivity contribution in [2.24, 2.45) is 5.73 Å². The molecule has 92 valence electrons. The minimum Gasteiger partial charge on any atom is -0.507 e. The fourth-order valence-corrected chi connectivity index (χ4v) is 1.68. The highest BCUT2D eigenvalue weighted by molar-refractivity contribution is 5.98. The lowest BCUT2D eigenvalue weighted by Gasteiger charge is -2.08. The highest BCUT2D eigenvalue weighted by atomic mass is 16.3. The number of nitrogens with two attached hydrogens (primary N) is 1. The first-order valence-corrected chi connectivity index (χ1v) is 5.57. The van der Waals surface area contributed by atoms with E-state index in [4.69, 9.17) is 5.73 Å². The number of primary amides is 1. The number of phenolic OH excluding ortho intramolecular Hbond substituents is 1. The van der Waals surface area contributed by atoms with E-state index in [1.165, 1.54) is 12.3 Å². The van der Waals surface area contributed by atoms with E-state index < -0.39 is 5.91 Å². The third-order valence-corrected chi connectivity index (χ3v) is 2.58. The summed E-state index contributed by atoms with van der Waals surface area (Å²) in [6, 6.07) is 6.68. The van der Waals surface area contributed by atoms with Crippen LogP contribution < -0.4 is 5.73 Å². The average Bonchev–Trinajstić information content (AvgIpc) is 2.38. The summed E-state index contributed by atoms with van der Waals surface area (Å²) in [6.07, 6.45) is 2.13. The molecule has 0 spiro atoms. The van der Waals surface area contributed by atoms with Gasteiger partial charge in [0.25, 0.3) is 5.91 Å². The van der Waals surface area contributed by atoms with Gasteiger partial charge < -0.3 is 10.8 Å². The van der Waals surface area contributed by atoms with Gasteiger partial charge in [-0.2, -0.15) is 0 Å². The van der Waals surface area contributed by atoms with Crippen LogP contribution in [0.15, 0.2) is 30.5 Å². The van der Waals surface area contributed by atoms with Crippen molar-refractivity contribution in [3.8, 4) is 16.9 Å². The van der Waals surface area contributed by atoms with Crippen LogP contribution in [0.5, 0.6) is 5.75 Å². The summed E-state index contributed by atoms with van der Waals surface area (Å²) in [7, 11) is 0. The number of aromatic nitrogens is 2. The molecule has 1 aromatic carbocycles. The number of carbonyl (C=O) groups excluding carboxylic acids is 1. The Morgan fingerprint density at radius 2 is 2.06 bits per heavy atom. The highest BCUT2D eigenvalue weighted by Crippen LogP contribution is 2.29. The van der Waals surface area contributed by atoms with E-state index in [1.54, 1.807) is 18.2 Å². The Kier molecular flexibility index (Phi) is 3.23. The van der Waals surface area contributed by atoms with Gasteiger partial charge in [0.15, 0.2) is 0 Å². The second kappa shape index (κ2) is 4.83. The monoisotopic (exact) mass is 243 g/mol. The molecule has 0 unspecified atom stereocenters. The molecule has 0 atom stereocenters. The zero-order valence-corrected chi connectivity index (χ0v) is 9.92. The van der Waals surface area contributed by atoms with E-state index in [9.17, 15) is 9.90 Å². The predicted molar refractivity (Wildman–Crippen MR) is 67.0 cm³/mol. The van der Waals surface area contributed by atoms with Gasteiger partial charge in [-0.3, -0.25) is 4.79 Å². The van der Waals surface area contributed by atoms with Crippen molar-refractivity contribution in [1.82, 2.24) is 9.97 Å². The summed E-state index contributed by atoms with van der Waals surface area (Å²) in [5.41, 5.74) is 6.38. The van der Waals surface area contributed by atoms with Crippen LogP contribution in [0.25, 0.3) is 11.1 Å². The van der Waals surface area contributed by atoms with Crippen LogP contribution in [0.4, 0.5) is 0 Å². The van der Waals surface area contributed by atoms with Gasteiger partial charge in [0.05, 0.1) is 0 Å². The maximum atomic E-state index is 11.4. The molecule has 0 aliphatic rings. The van der Waals surface area contributed by atoms with E-state index in [-0.39, 0.29) is 11.4 Å².